The van der Waals surface area contributed by atoms with Gasteiger partial charge in [-0.1, -0.05) is 30.3 Å². The number of fused-ring (bicyclic) bond motifs is 1. The van der Waals surface area contributed by atoms with Crippen molar-refractivity contribution in [3.05, 3.63) is 65.6 Å². The minimum atomic E-state index is -4.28. The summed E-state index contributed by atoms with van der Waals surface area (Å²) in [7, 11) is -4.28. The first kappa shape index (κ1) is 16.4. The summed E-state index contributed by atoms with van der Waals surface area (Å²) in [6.45, 7) is 0. The molecule has 0 radical (unpaired) electrons. The van der Waals surface area contributed by atoms with Gasteiger partial charge in [-0.3, -0.25) is 9.55 Å². The predicted molar refractivity (Wildman–Crippen MR) is 94.9 cm³/mol. The second-order valence-corrected chi connectivity index (χ2v) is 8.12. The van der Waals surface area contributed by atoms with Crippen LogP contribution in [0.2, 0.25) is 0 Å². The molecule has 0 atom stereocenters. The second kappa shape index (κ2) is 6.03. The van der Waals surface area contributed by atoms with Gasteiger partial charge in [0.05, 0.1) is 11.7 Å². The SMILES string of the molecule is O=P(O)(O)Cc1c(C2CC2)nc2ccccc2c1-c1ccc(F)cc1. The highest BCUT2D eigenvalue weighted by Gasteiger charge is 2.32. The van der Waals surface area contributed by atoms with Crippen LogP contribution < -0.4 is 0 Å². The predicted octanol–water partition coefficient (Wildman–Crippen LogP) is 4.60. The zero-order valence-corrected chi connectivity index (χ0v) is 14.3. The number of hydrogen-bond donors (Lipinski definition) is 2. The van der Waals surface area contributed by atoms with Gasteiger partial charge in [0, 0.05) is 17.0 Å². The van der Waals surface area contributed by atoms with Crippen molar-refractivity contribution in [1.29, 1.82) is 0 Å². The molecular weight excluding hydrogens is 340 g/mol. The number of hydrogen-bond acceptors (Lipinski definition) is 2. The van der Waals surface area contributed by atoms with Crippen molar-refractivity contribution in [2.45, 2.75) is 24.9 Å². The topological polar surface area (TPSA) is 70.4 Å². The van der Waals surface area contributed by atoms with E-state index in [9.17, 15) is 18.7 Å². The molecule has 0 amide bonds. The molecule has 3 aromatic rings. The Bertz CT molecular complexity index is 993. The minimum Gasteiger partial charge on any atom is -0.324 e. The minimum absolute atomic E-state index is 0.241. The summed E-state index contributed by atoms with van der Waals surface area (Å²) in [5.74, 6) is -0.105. The molecule has 1 aliphatic rings. The summed E-state index contributed by atoms with van der Waals surface area (Å²) >= 11 is 0. The molecule has 0 unspecified atom stereocenters. The monoisotopic (exact) mass is 357 g/mol. The normalized spacial score (nSPS) is 14.8. The van der Waals surface area contributed by atoms with E-state index >= 15 is 0 Å². The average molecular weight is 357 g/mol. The van der Waals surface area contributed by atoms with E-state index in [0.29, 0.717) is 5.56 Å². The van der Waals surface area contributed by atoms with Gasteiger partial charge in [-0.2, -0.15) is 0 Å². The van der Waals surface area contributed by atoms with Crippen LogP contribution in [0.4, 0.5) is 4.39 Å². The Morgan fingerprint density at radius 1 is 1.08 bits per heavy atom. The molecule has 128 valence electrons. The number of aromatic nitrogens is 1. The largest absolute Gasteiger partial charge is 0.330 e. The first-order valence-corrected chi connectivity index (χ1v) is 9.94. The van der Waals surface area contributed by atoms with E-state index in [1.54, 1.807) is 12.1 Å². The Labute approximate surface area is 144 Å². The quantitative estimate of drug-likeness (QED) is 0.670. The van der Waals surface area contributed by atoms with E-state index < -0.39 is 7.60 Å². The summed E-state index contributed by atoms with van der Waals surface area (Å²) in [6.07, 6.45) is 1.59. The number of halogens is 1. The molecule has 2 aromatic carbocycles. The molecule has 0 saturated heterocycles. The Morgan fingerprint density at radius 2 is 1.76 bits per heavy atom. The first-order valence-electron chi connectivity index (χ1n) is 8.14. The fraction of sp³-hybridized carbons (Fsp3) is 0.211. The van der Waals surface area contributed by atoms with Gasteiger partial charge in [0.1, 0.15) is 5.82 Å². The van der Waals surface area contributed by atoms with E-state index in [0.717, 1.165) is 40.6 Å². The highest BCUT2D eigenvalue weighted by Crippen LogP contribution is 2.50. The highest BCUT2D eigenvalue weighted by atomic mass is 31.2. The fourth-order valence-corrected chi connectivity index (χ4v) is 4.01. The van der Waals surface area contributed by atoms with Crippen molar-refractivity contribution in [3.8, 4) is 11.1 Å². The van der Waals surface area contributed by atoms with Crippen LogP contribution in [0.1, 0.15) is 30.0 Å². The molecule has 6 heteroatoms. The molecule has 0 bridgehead atoms. The van der Waals surface area contributed by atoms with Crippen molar-refractivity contribution in [1.82, 2.24) is 4.98 Å². The van der Waals surface area contributed by atoms with E-state index in [2.05, 4.69) is 0 Å². The molecule has 1 saturated carbocycles. The average Bonchev–Trinajstić information content (AvgIpc) is 3.39. The Kier molecular flexibility index (Phi) is 3.95. The standard InChI is InChI=1S/C19H17FNO3P/c20-14-9-7-12(8-10-14)18-15-3-1-2-4-17(15)21-19(13-5-6-13)16(18)11-25(22,23)24/h1-4,7-10,13H,5-6,11H2,(H2,22,23,24). The third-order valence-corrected chi connectivity index (χ3v) is 5.21. The molecular formula is C19H17FNO3P. The van der Waals surface area contributed by atoms with Crippen LogP contribution in [0.25, 0.3) is 22.0 Å². The molecule has 1 aliphatic carbocycles. The summed E-state index contributed by atoms with van der Waals surface area (Å²) in [4.78, 5) is 23.9. The van der Waals surface area contributed by atoms with Gasteiger partial charge in [0.15, 0.2) is 0 Å². The lowest BCUT2D eigenvalue weighted by Crippen LogP contribution is -2.02. The van der Waals surface area contributed by atoms with E-state index in [1.807, 2.05) is 24.3 Å². The number of pyridine rings is 1. The van der Waals surface area contributed by atoms with Gasteiger partial charge < -0.3 is 9.79 Å². The smallest absolute Gasteiger partial charge is 0.324 e. The molecule has 25 heavy (non-hydrogen) atoms. The van der Waals surface area contributed by atoms with Crippen LogP contribution in [-0.2, 0) is 10.7 Å². The molecule has 1 heterocycles. The van der Waals surface area contributed by atoms with Gasteiger partial charge in [-0.15, -0.1) is 0 Å². The number of benzene rings is 2. The van der Waals surface area contributed by atoms with Crippen LogP contribution >= 0.6 is 7.60 Å². The summed E-state index contributed by atoms with van der Waals surface area (Å²) in [6, 6.07) is 13.6. The Morgan fingerprint density at radius 3 is 2.40 bits per heavy atom. The van der Waals surface area contributed by atoms with Crippen molar-refractivity contribution >= 4 is 18.5 Å². The van der Waals surface area contributed by atoms with Gasteiger partial charge in [0.25, 0.3) is 0 Å². The lowest BCUT2D eigenvalue weighted by Gasteiger charge is -2.18. The second-order valence-electron chi connectivity index (χ2n) is 6.47. The van der Waals surface area contributed by atoms with Crippen molar-refractivity contribution in [3.63, 3.8) is 0 Å². The molecule has 0 spiro atoms. The lowest BCUT2D eigenvalue weighted by atomic mass is 9.93. The van der Waals surface area contributed by atoms with E-state index in [-0.39, 0.29) is 17.9 Å². The van der Waals surface area contributed by atoms with Gasteiger partial charge in [0.2, 0.25) is 0 Å². The molecule has 1 fully saturated rings. The van der Waals surface area contributed by atoms with Gasteiger partial charge >= 0.3 is 7.60 Å². The Hall–Kier alpha value is -2.07. The van der Waals surface area contributed by atoms with Crippen LogP contribution in [0.3, 0.4) is 0 Å². The molecule has 4 nitrogen and oxygen atoms in total. The Balaban J connectivity index is 2.06. The number of nitrogens with zero attached hydrogens (tertiary/aromatic N) is 1. The van der Waals surface area contributed by atoms with Crippen molar-refractivity contribution in [2.24, 2.45) is 0 Å². The molecule has 0 aliphatic heterocycles. The summed E-state index contributed by atoms with van der Waals surface area (Å²) in [5.41, 5.74) is 3.63. The lowest BCUT2D eigenvalue weighted by molar-refractivity contribution is 0.371. The summed E-state index contributed by atoms with van der Waals surface area (Å²) in [5, 5.41) is 0.821. The highest BCUT2D eigenvalue weighted by molar-refractivity contribution is 7.50. The van der Waals surface area contributed by atoms with E-state index in [4.69, 9.17) is 4.98 Å². The number of para-hydroxylation sites is 1. The zero-order valence-electron chi connectivity index (χ0n) is 13.4. The van der Waals surface area contributed by atoms with Crippen LogP contribution in [-0.4, -0.2) is 14.8 Å². The van der Waals surface area contributed by atoms with E-state index in [1.165, 1.54) is 12.1 Å². The third kappa shape index (κ3) is 3.36. The molecule has 1 aromatic heterocycles. The zero-order chi connectivity index (χ0) is 17.6. The van der Waals surface area contributed by atoms with Gasteiger partial charge in [-0.25, -0.2) is 4.39 Å². The maximum Gasteiger partial charge on any atom is 0.330 e. The van der Waals surface area contributed by atoms with Crippen molar-refractivity contribution < 1.29 is 18.7 Å². The molecule has 2 N–H and O–H groups in total. The maximum absolute atomic E-state index is 13.4. The maximum atomic E-state index is 13.4. The van der Waals surface area contributed by atoms with Crippen LogP contribution in [0.5, 0.6) is 0 Å². The first-order chi connectivity index (χ1) is 11.9. The van der Waals surface area contributed by atoms with Crippen molar-refractivity contribution in [2.75, 3.05) is 0 Å². The molecule has 4 rings (SSSR count). The number of rotatable bonds is 4. The van der Waals surface area contributed by atoms with Gasteiger partial charge in [-0.05, 0) is 47.7 Å². The van der Waals surface area contributed by atoms with Crippen LogP contribution in [0.15, 0.2) is 48.5 Å². The van der Waals surface area contributed by atoms with Crippen LogP contribution in [0, 0.1) is 5.82 Å². The summed E-state index contributed by atoms with van der Waals surface area (Å²) < 4.78 is 25.1. The third-order valence-electron chi connectivity index (χ3n) is 4.49. The fourth-order valence-electron chi connectivity index (χ4n) is 3.28.